The van der Waals surface area contributed by atoms with Crippen LogP contribution in [-0.4, -0.2) is 11.8 Å². The van der Waals surface area contributed by atoms with Crippen molar-refractivity contribution in [3.63, 3.8) is 0 Å². The number of anilines is 2. The highest BCUT2D eigenvalue weighted by Gasteiger charge is 2.11. The zero-order valence-corrected chi connectivity index (χ0v) is 12.0. The molecule has 0 spiro atoms. The van der Waals surface area contributed by atoms with E-state index in [4.69, 9.17) is 11.6 Å². The van der Waals surface area contributed by atoms with Crippen molar-refractivity contribution in [2.75, 3.05) is 10.6 Å². The zero-order valence-electron chi connectivity index (χ0n) is 11.2. The summed E-state index contributed by atoms with van der Waals surface area (Å²) in [6.45, 7) is 0. The van der Waals surface area contributed by atoms with Crippen LogP contribution in [0.2, 0.25) is 5.02 Å². The Balaban J connectivity index is 1.91. The van der Waals surface area contributed by atoms with Gasteiger partial charge in [0.15, 0.2) is 0 Å². The van der Waals surface area contributed by atoms with Gasteiger partial charge in [0.1, 0.15) is 18.1 Å². The van der Waals surface area contributed by atoms with Crippen molar-refractivity contribution in [3.8, 4) is 0 Å². The minimum atomic E-state index is -0.608. The van der Waals surface area contributed by atoms with Gasteiger partial charge in [0, 0.05) is 11.4 Å². The van der Waals surface area contributed by atoms with Crippen molar-refractivity contribution in [1.29, 1.82) is 0 Å². The number of hydrogen-bond donors (Lipinski definition) is 2. The fourth-order valence-corrected chi connectivity index (χ4v) is 1.88. The van der Waals surface area contributed by atoms with Gasteiger partial charge in [-0.05, 0) is 36.4 Å². The molecule has 2 rings (SSSR count). The third kappa shape index (κ3) is 4.53. The Kier molecular flexibility index (Phi) is 5.06. The number of halogens is 3. The molecule has 0 bridgehead atoms. The summed E-state index contributed by atoms with van der Waals surface area (Å²) in [7, 11) is 0. The second kappa shape index (κ2) is 7.00. The summed E-state index contributed by atoms with van der Waals surface area (Å²) < 4.78 is 25.9. The molecule has 2 aromatic carbocycles. The molecule has 0 atom stereocenters. The van der Waals surface area contributed by atoms with Gasteiger partial charge < -0.3 is 10.6 Å². The van der Waals surface area contributed by atoms with Crippen LogP contribution < -0.4 is 10.6 Å². The molecule has 0 aliphatic heterocycles. The maximum Gasteiger partial charge on any atom is 0.233 e. The normalized spacial score (nSPS) is 10.1. The molecular formula is C15H11ClF2N2O2. The monoisotopic (exact) mass is 324 g/mol. The fourth-order valence-electron chi connectivity index (χ4n) is 1.70. The Hall–Kier alpha value is -2.47. The smallest absolute Gasteiger partial charge is 0.233 e. The third-order valence-electron chi connectivity index (χ3n) is 2.63. The number of nitrogens with one attached hydrogen (secondary N) is 2. The van der Waals surface area contributed by atoms with E-state index in [1.807, 2.05) is 0 Å². The molecule has 4 nitrogen and oxygen atoms in total. The number of benzene rings is 2. The predicted octanol–water partition coefficient (Wildman–Crippen LogP) is 3.59. The van der Waals surface area contributed by atoms with Crippen LogP contribution in [0.5, 0.6) is 0 Å². The highest BCUT2D eigenvalue weighted by molar-refractivity contribution is 6.31. The standard InChI is InChI=1S/C15H11ClF2N2O2/c16-12-7-11(4-5-13(12)18)20-15(22)8-14(21)19-10-3-1-2-9(17)6-10/h1-7H,8H2,(H,19,21)(H,20,22). The number of amides is 2. The molecule has 0 aliphatic rings. The van der Waals surface area contributed by atoms with Crippen LogP contribution in [0.3, 0.4) is 0 Å². The summed E-state index contributed by atoms with van der Waals surface area (Å²) in [6.07, 6.45) is -0.467. The molecule has 0 saturated heterocycles. The van der Waals surface area contributed by atoms with Gasteiger partial charge >= 0.3 is 0 Å². The van der Waals surface area contributed by atoms with Crippen LogP contribution in [0.25, 0.3) is 0 Å². The first-order valence-corrected chi connectivity index (χ1v) is 6.62. The van der Waals surface area contributed by atoms with Gasteiger partial charge in [0.2, 0.25) is 11.8 Å². The Labute approximate surface area is 130 Å². The van der Waals surface area contributed by atoms with Gasteiger partial charge in [-0.15, -0.1) is 0 Å². The van der Waals surface area contributed by atoms with Gasteiger partial charge in [0.05, 0.1) is 5.02 Å². The maximum absolute atomic E-state index is 13.0. The maximum atomic E-state index is 13.0. The van der Waals surface area contributed by atoms with Gasteiger partial charge in [-0.25, -0.2) is 8.78 Å². The summed E-state index contributed by atoms with van der Waals surface area (Å²) in [5.74, 6) is -2.31. The summed E-state index contributed by atoms with van der Waals surface area (Å²) in [4.78, 5) is 23.4. The first kappa shape index (κ1) is 15.9. The van der Waals surface area contributed by atoms with E-state index in [2.05, 4.69) is 10.6 Å². The number of hydrogen-bond acceptors (Lipinski definition) is 2. The van der Waals surface area contributed by atoms with Gasteiger partial charge in [-0.1, -0.05) is 17.7 Å². The summed E-state index contributed by atoms with van der Waals surface area (Å²) in [6, 6.07) is 8.97. The molecule has 2 amide bonds. The lowest BCUT2D eigenvalue weighted by molar-refractivity contribution is -0.123. The topological polar surface area (TPSA) is 58.2 Å². The Morgan fingerprint density at radius 3 is 2.18 bits per heavy atom. The molecule has 0 aliphatic carbocycles. The average Bonchev–Trinajstić information content (AvgIpc) is 2.42. The lowest BCUT2D eigenvalue weighted by atomic mass is 10.2. The van der Waals surface area contributed by atoms with E-state index in [1.165, 1.54) is 30.3 Å². The van der Waals surface area contributed by atoms with Gasteiger partial charge in [-0.2, -0.15) is 0 Å². The molecule has 0 fully saturated rings. The summed E-state index contributed by atoms with van der Waals surface area (Å²) in [5.41, 5.74) is 0.526. The largest absolute Gasteiger partial charge is 0.326 e. The average molecular weight is 325 g/mol. The van der Waals surface area contributed by atoms with Crippen molar-refractivity contribution in [3.05, 3.63) is 59.1 Å². The minimum absolute atomic E-state index is 0.137. The van der Waals surface area contributed by atoms with E-state index in [-0.39, 0.29) is 16.4 Å². The molecule has 7 heteroatoms. The minimum Gasteiger partial charge on any atom is -0.326 e. The van der Waals surface area contributed by atoms with Crippen molar-refractivity contribution >= 4 is 34.8 Å². The van der Waals surface area contributed by atoms with E-state index >= 15 is 0 Å². The van der Waals surface area contributed by atoms with Crippen molar-refractivity contribution < 1.29 is 18.4 Å². The van der Waals surface area contributed by atoms with Gasteiger partial charge in [-0.3, -0.25) is 9.59 Å². The molecule has 2 aromatic rings. The van der Waals surface area contributed by atoms with Crippen LogP contribution in [0.15, 0.2) is 42.5 Å². The van der Waals surface area contributed by atoms with Crippen molar-refractivity contribution in [2.45, 2.75) is 6.42 Å². The molecule has 0 aromatic heterocycles. The van der Waals surface area contributed by atoms with Crippen LogP contribution in [0.1, 0.15) is 6.42 Å². The van der Waals surface area contributed by atoms with E-state index in [1.54, 1.807) is 0 Å². The third-order valence-corrected chi connectivity index (χ3v) is 2.92. The molecular weight excluding hydrogens is 314 g/mol. The van der Waals surface area contributed by atoms with Crippen LogP contribution in [-0.2, 0) is 9.59 Å². The molecule has 0 unspecified atom stereocenters. The van der Waals surface area contributed by atoms with Crippen LogP contribution >= 0.6 is 11.6 Å². The van der Waals surface area contributed by atoms with E-state index < -0.39 is 29.9 Å². The Morgan fingerprint density at radius 2 is 1.59 bits per heavy atom. The molecule has 0 heterocycles. The van der Waals surface area contributed by atoms with E-state index in [0.29, 0.717) is 0 Å². The highest BCUT2D eigenvalue weighted by atomic mass is 35.5. The zero-order chi connectivity index (χ0) is 16.1. The molecule has 114 valence electrons. The second-order valence-electron chi connectivity index (χ2n) is 4.41. The molecule has 2 N–H and O–H groups in total. The quantitative estimate of drug-likeness (QED) is 0.844. The lowest BCUT2D eigenvalue weighted by Crippen LogP contribution is -2.21. The second-order valence-corrected chi connectivity index (χ2v) is 4.82. The van der Waals surface area contributed by atoms with Crippen LogP contribution in [0.4, 0.5) is 20.2 Å². The molecule has 0 radical (unpaired) electrons. The lowest BCUT2D eigenvalue weighted by Gasteiger charge is -2.07. The fraction of sp³-hybridized carbons (Fsp3) is 0.0667. The summed E-state index contributed by atoms with van der Waals surface area (Å²) in [5, 5.41) is 4.67. The van der Waals surface area contributed by atoms with Crippen LogP contribution in [0, 0.1) is 11.6 Å². The first-order valence-electron chi connectivity index (χ1n) is 6.24. The molecule has 0 saturated carbocycles. The van der Waals surface area contributed by atoms with Crippen molar-refractivity contribution in [1.82, 2.24) is 0 Å². The Bertz CT molecular complexity index is 722. The van der Waals surface area contributed by atoms with E-state index in [9.17, 15) is 18.4 Å². The number of rotatable bonds is 4. The SMILES string of the molecule is O=C(CC(=O)Nc1ccc(F)c(Cl)c1)Nc1cccc(F)c1. The highest BCUT2D eigenvalue weighted by Crippen LogP contribution is 2.19. The molecule has 22 heavy (non-hydrogen) atoms. The Morgan fingerprint density at radius 1 is 0.955 bits per heavy atom. The predicted molar refractivity (Wildman–Crippen MR) is 79.7 cm³/mol. The van der Waals surface area contributed by atoms with Gasteiger partial charge in [0.25, 0.3) is 0 Å². The first-order chi connectivity index (χ1) is 10.4. The summed E-state index contributed by atoms with van der Waals surface area (Å²) >= 11 is 5.58. The number of carbonyl (C=O) groups is 2. The van der Waals surface area contributed by atoms with Crippen molar-refractivity contribution in [2.24, 2.45) is 0 Å². The van der Waals surface area contributed by atoms with E-state index in [0.717, 1.165) is 12.1 Å². The number of carbonyl (C=O) groups excluding carboxylic acids is 2.